The van der Waals surface area contributed by atoms with Gasteiger partial charge < -0.3 is 5.32 Å². The van der Waals surface area contributed by atoms with Gasteiger partial charge in [0.05, 0.1) is 5.56 Å². The van der Waals surface area contributed by atoms with Crippen LogP contribution in [0.15, 0.2) is 24.3 Å². The monoisotopic (exact) mass is 323 g/mol. The summed E-state index contributed by atoms with van der Waals surface area (Å²) in [5.41, 5.74) is -0.796. The fourth-order valence-corrected chi connectivity index (χ4v) is 1.49. The molecule has 0 heterocycles. The van der Waals surface area contributed by atoms with Crippen LogP contribution >= 0.6 is 15.9 Å². The largest absolute Gasteiger partial charge is 0.416 e. The predicted molar refractivity (Wildman–Crippen MR) is 66.7 cm³/mol. The molecule has 100 valence electrons. The van der Waals surface area contributed by atoms with Crippen LogP contribution in [0.1, 0.15) is 22.8 Å². The van der Waals surface area contributed by atoms with E-state index in [1.54, 1.807) is 0 Å². The standard InChI is InChI=1S/C12H13BrF3NO/c1-8(6-13)7-17-11(18)9-3-2-4-10(5-9)12(14,15)16/h2-5,8H,6-7H2,1H3,(H,17,18). The molecule has 0 aliphatic rings. The number of nitrogens with one attached hydrogen (secondary N) is 1. The zero-order chi connectivity index (χ0) is 13.8. The van der Waals surface area contributed by atoms with E-state index in [9.17, 15) is 18.0 Å². The molecule has 0 aliphatic carbocycles. The molecule has 2 nitrogen and oxygen atoms in total. The first-order valence-corrected chi connectivity index (χ1v) is 6.48. The molecule has 1 amide bonds. The lowest BCUT2D eigenvalue weighted by molar-refractivity contribution is -0.137. The highest BCUT2D eigenvalue weighted by Gasteiger charge is 2.30. The Bertz CT molecular complexity index is 420. The molecule has 1 N–H and O–H groups in total. The number of alkyl halides is 4. The topological polar surface area (TPSA) is 29.1 Å². The Balaban J connectivity index is 2.75. The third kappa shape index (κ3) is 4.33. The SMILES string of the molecule is CC(CBr)CNC(=O)c1cccc(C(F)(F)F)c1. The quantitative estimate of drug-likeness (QED) is 0.845. The minimum absolute atomic E-state index is 0.0200. The smallest absolute Gasteiger partial charge is 0.352 e. The zero-order valence-corrected chi connectivity index (χ0v) is 11.3. The van der Waals surface area contributed by atoms with Gasteiger partial charge in [-0.2, -0.15) is 13.2 Å². The van der Waals surface area contributed by atoms with Crippen molar-refractivity contribution in [3.8, 4) is 0 Å². The summed E-state index contributed by atoms with van der Waals surface area (Å²) in [4.78, 5) is 11.7. The summed E-state index contributed by atoms with van der Waals surface area (Å²) in [6, 6.07) is 4.39. The number of halogens is 4. The summed E-state index contributed by atoms with van der Waals surface area (Å²) in [6.45, 7) is 2.33. The van der Waals surface area contributed by atoms with Crippen molar-refractivity contribution in [2.24, 2.45) is 5.92 Å². The van der Waals surface area contributed by atoms with Crippen molar-refractivity contribution >= 4 is 21.8 Å². The lowest BCUT2D eigenvalue weighted by Crippen LogP contribution is -2.29. The molecular formula is C12H13BrF3NO. The zero-order valence-electron chi connectivity index (χ0n) is 9.72. The molecule has 0 aromatic heterocycles. The summed E-state index contributed by atoms with van der Waals surface area (Å²) in [5.74, 6) is -0.270. The highest BCUT2D eigenvalue weighted by molar-refractivity contribution is 9.09. The van der Waals surface area contributed by atoms with Gasteiger partial charge in [-0.05, 0) is 24.1 Å². The normalized spacial score (nSPS) is 13.2. The molecule has 1 rings (SSSR count). The molecule has 1 aromatic carbocycles. The number of carbonyl (C=O) groups is 1. The minimum Gasteiger partial charge on any atom is -0.352 e. The Morgan fingerprint density at radius 1 is 1.44 bits per heavy atom. The average Bonchev–Trinajstić information content (AvgIpc) is 2.34. The number of amides is 1. The number of hydrogen-bond donors (Lipinski definition) is 1. The van der Waals surface area contributed by atoms with E-state index in [4.69, 9.17) is 0 Å². The van der Waals surface area contributed by atoms with Crippen LogP contribution in [0.5, 0.6) is 0 Å². The number of hydrogen-bond acceptors (Lipinski definition) is 1. The summed E-state index contributed by atoms with van der Waals surface area (Å²) >= 11 is 3.26. The average molecular weight is 324 g/mol. The maximum atomic E-state index is 12.5. The molecule has 1 unspecified atom stereocenters. The van der Waals surface area contributed by atoms with Gasteiger partial charge in [-0.3, -0.25) is 4.79 Å². The van der Waals surface area contributed by atoms with Crippen LogP contribution in [-0.4, -0.2) is 17.8 Å². The van der Waals surface area contributed by atoms with Gasteiger partial charge in [0.25, 0.3) is 5.91 Å². The molecule has 1 aromatic rings. The first-order chi connectivity index (χ1) is 8.34. The molecule has 0 spiro atoms. The van der Waals surface area contributed by atoms with E-state index in [1.807, 2.05) is 6.92 Å². The minimum atomic E-state index is -4.43. The lowest BCUT2D eigenvalue weighted by atomic mass is 10.1. The second-order valence-electron chi connectivity index (χ2n) is 4.05. The van der Waals surface area contributed by atoms with Gasteiger partial charge >= 0.3 is 6.18 Å². The molecule has 18 heavy (non-hydrogen) atoms. The first-order valence-electron chi connectivity index (χ1n) is 5.36. The van der Waals surface area contributed by atoms with E-state index < -0.39 is 17.6 Å². The van der Waals surface area contributed by atoms with Crippen molar-refractivity contribution in [1.82, 2.24) is 5.32 Å². The van der Waals surface area contributed by atoms with Crippen molar-refractivity contribution in [2.45, 2.75) is 13.1 Å². The van der Waals surface area contributed by atoms with E-state index in [0.29, 0.717) is 6.54 Å². The summed E-state index contributed by atoms with van der Waals surface area (Å²) in [6.07, 6.45) is -4.43. The van der Waals surface area contributed by atoms with Crippen molar-refractivity contribution in [3.05, 3.63) is 35.4 Å². The number of carbonyl (C=O) groups excluding carboxylic acids is 1. The van der Waals surface area contributed by atoms with Crippen LogP contribution in [0.3, 0.4) is 0 Å². The van der Waals surface area contributed by atoms with E-state index in [-0.39, 0.29) is 11.5 Å². The third-order valence-corrected chi connectivity index (χ3v) is 3.43. The highest BCUT2D eigenvalue weighted by Crippen LogP contribution is 2.29. The molecule has 1 atom stereocenters. The van der Waals surface area contributed by atoms with Crippen LogP contribution in [0.25, 0.3) is 0 Å². The Labute approximate surface area is 112 Å². The fourth-order valence-electron chi connectivity index (χ4n) is 1.26. The van der Waals surface area contributed by atoms with Gasteiger partial charge in [0.15, 0.2) is 0 Å². The van der Waals surface area contributed by atoms with E-state index in [1.165, 1.54) is 12.1 Å². The van der Waals surface area contributed by atoms with Crippen molar-refractivity contribution in [3.63, 3.8) is 0 Å². The van der Waals surface area contributed by atoms with Gasteiger partial charge in [0, 0.05) is 17.4 Å². The highest BCUT2D eigenvalue weighted by atomic mass is 79.9. The van der Waals surface area contributed by atoms with Gasteiger partial charge in [-0.1, -0.05) is 28.9 Å². The Morgan fingerprint density at radius 3 is 2.67 bits per heavy atom. The molecule has 0 radical (unpaired) electrons. The molecule has 0 bridgehead atoms. The van der Waals surface area contributed by atoms with E-state index in [2.05, 4.69) is 21.2 Å². The maximum Gasteiger partial charge on any atom is 0.416 e. The fraction of sp³-hybridized carbons (Fsp3) is 0.417. The van der Waals surface area contributed by atoms with Gasteiger partial charge in [-0.15, -0.1) is 0 Å². The first kappa shape index (κ1) is 15.0. The van der Waals surface area contributed by atoms with Gasteiger partial charge in [0.1, 0.15) is 0 Å². The summed E-state index contributed by atoms with van der Waals surface area (Å²) in [5, 5.41) is 3.31. The predicted octanol–water partition coefficient (Wildman–Crippen LogP) is 3.47. The van der Waals surface area contributed by atoms with Crippen molar-refractivity contribution < 1.29 is 18.0 Å². The maximum absolute atomic E-state index is 12.5. The molecule has 0 saturated heterocycles. The number of benzene rings is 1. The van der Waals surface area contributed by atoms with Crippen LogP contribution in [0, 0.1) is 5.92 Å². The lowest BCUT2D eigenvalue weighted by Gasteiger charge is -2.11. The van der Waals surface area contributed by atoms with Crippen molar-refractivity contribution in [1.29, 1.82) is 0 Å². The van der Waals surface area contributed by atoms with Crippen LogP contribution in [0.4, 0.5) is 13.2 Å². The summed E-state index contributed by atoms with van der Waals surface area (Å²) in [7, 11) is 0. The van der Waals surface area contributed by atoms with Crippen LogP contribution in [-0.2, 0) is 6.18 Å². The third-order valence-electron chi connectivity index (χ3n) is 2.33. The van der Waals surface area contributed by atoms with Gasteiger partial charge in [-0.25, -0.2) is 0 Å². The Hall–Kier alpha value is -1.04. The van der Waals surface area contributed by atoms with Crippen LogP contribution < -0.4 is 5.32 Å². The van der Waals surface area contributed by atoms with Crippen molar-refractivity contribution in [2.75, 3.05) is 11.9 Å². The second-order valence-corrected chi connectivity index (χ2v) is 4.70. The molecular weight excluding hydrogens is 311 g/mol. The second kappa shape index (κ2) is 6.22. The van der Waals surface area contributed by atoms with E-state index >= 15 is 0 Å². The molecule has 6 heteroatoms. The Kier molecular flexibility index (Phi) is 5.19. The Morgan fingerprint density at radius 2 is 2.11 bits per heavy atom. The molecule has 0 saturated carbocycles. The van der Waals surface area contributed by atoms with E-state index in [0.717, 1.165) is 17.5 Å². The van der Waals surface area contributed by atoms with Gasteiger partial charge in [0.2, 0.25) is 0 Å². The van der Waals surface area contributed by atoms with Crippen LogP contribution in [0.2, 0.25) is 0 Å². The summed E-state index contributed by atoms with van der Waals surface area (Å²) < 4.78 is 37.4. The number of rotatable bonds is 4. The molecule has 0 fully saturated rings. The molecule has 0 aliphatic heterocycles.